The number of carboxylic acid groups (broad SMARTS) is 2. The lowest BCUT2D eigenvalue weighted by atomic mass is 9.92. The van der Waals surface area contributed by atoms with Gasteiger partial charge in [-0.15, -0.1) is 5.10 Å². The zero-order chi connectivity index (χ0) is 32.4. The average Bonchev–Trinajstić information content (AvgIpc) is 3.44. The molecule has 2 aliphatic rings. The number of hydrogen-bond donors (Lipinski definition) is 3. The molecule has 14 heteroatoms. The van der Waals surface area contributed by atoms with Crippen molar-refractivity contribution in [2.24, 2.45) is 11.8 Å². The molecule has 0 saturated carbocycles. The first-order valence-electron chi connectivity index (χ1n) is 14.6. The van der Waals surface area contributed by atoms with Crippen LogP contribution in [0.25, 0.3) is 5.69 Å². The first-order chi connectivity index (χ1) is 20.9. The number of nitrogens with one attached hydrogen (secondary N) is 1. The molecule has 2 atom stereocenters. The number of aliphatic carboxylic acids is 2. The lowest BCUT2D eigenvalue weighted by Crippen LogP contribution is -2.56. The third-order valence-corrected chi connectivity index (χ3v) is 7.17. The van der Waals surface area contributed by atoms with Gasteiger partial charge in [-0.25, -0.2) is 18.7 Å². The van der Waals surface area contributed by atoms with Crippen molar-refractivity contribution in [3.05, 3.63) is 53.6 Å². The second-order valence-corrected chi connectivity index (χ2v) is 11.4. The number of ether oxygens (including phenoxy) is 1. The number of amides is 2. The molecule has 1 aromatic heterocycles. The van der Waals surface area contributed by atoms with Gasteiger partial charge in [-0.3, -0.25) is 9.59 Å². The fourth-order valence-electron chi connectivity index (χ4n) is 5.22. The highest BCUT2D eigenvalue weighted by Gasteiger charge is 2.37. The van der Waals surface area contributed by atoms with Gasteiger partial charge >= 0.3 is 11.9 Å². The van der Waals surface area contributed by atoms with E-state index in [-0.39, 0.29) is 47.0 Å². The highest BCUT2D eigenvalue weighted by Crippen LogP contribution is 2.27. The van der Waals surface area contributed by atoms with Crippen LogP contribution in [0.3, 0.4) is 0 Å². The number of benzene rings is 1. The number of aromatic nitrogens is 3. The quantitative estimate of drug-likeness (QED) is 0.355. The predicted octanol–water partition coefficient (Wildman–Crippen LogP) is 2.18. The number of carbonyl (C=O) groups excluding carboxylic acids is 2. The predicted molar refractivity (Wildman–Crippen MR) is 158 cm³/mol. The standard InChI is InChI=1S/C26H37FN6O3.C4H4O4/c1-17(2)16-32(20-13-19(14-28-15-20)25(34)31-9-11-36-12-10-31)26(35)23-24(18(3)4)33(30-29-23)22-8-6-5-7-21(22)27;5-3(6)1-2-4(7)8/h5-8,17-20,28H,9-16H2,1-4H3;1-2H,(H,5,6)(H,7,8)/t19-,20+;/m1./s1. The van der Waals surface area contributed by atoms with Crippen LogP contribution in [0.5, 0.6) is 0 Å². The van der Waals surface area contributed by atoms with Gasteiger partial charge in [0.15, 0.2) is 5.69 Å². The Morgan fingerprint density at radius 1 is 1.07 bits per heavy atom. The fraction of sp³-hybridized carbons (Fsp3) is 0.533. The molecule has 240 valence electrons. The number of nitrogens with zero attached hydrogens (tertiary/aromatic N) is 5. The van der Waals surface area contributed by atoms with E-state index in [9.17, 15) is 23.6 Å². The maximum atomic E-state index is 14.6. The Morgan fingerprint density at radius 3 is 2.27 bits per heavy atom. The highest BCUT2D eigenvalue weighted by molar-refractivity contribution is 5.94. The maximum Gasteiger partial charge on any atom is 0.328 e. The van der Waals surface area contributed by atoms with Crippen LogP contribution in [-0.4, -0.2) is 111 Å². The van der Waals surface area contributed by atoms with Crippen molar-refractivity contribution in [3.8, 4) is 5.69 Å². The van der Waals surface area contributed by atoms with Crippen molar-refractivity contribution in [1.29, 1.82) is 0 Å². The molecule has 3 N–H and O–H groups in total. The van der Waals surface area contributed by atoms with Crippen molar-refractivity contribution in [1.82, 2.24) is 30.1 Å². The molecule has 2 fully saturated rings. The molecule has 2 saturated heterocycles. The molecular weight excluding hydrogens is 575 g/mol. The lowest BCUT2D eigenvalue weighted by Gasteiger charge is -2.40. The molecule has 0 radical (unpaired) electrons. The van der Waals surface area contributed by atoms with E-state index in [1.807, 2.05) is 23.6 Å². The summed E-state index contributed by atoms with van der Waals surface area (Å²) in [5.74, 6) is -3.17. The summed E-state index contributed by atoms with van der Waals surface area (Å²) in [4.78, 5) is 50.0. The third-order valence-electron chi connectivity index (χ3n) is 7.17. The summed E-state index contributed by atoms with van der Waals surface area (Å²) < 4.78 is 21.4. The molecule has 2 aliphatic heterocycles. The Labute approximate surface area is 255 Å². The molecule has 44 heavy (non-hydrogen) atoms. The minimum absolute atomic E-state index is 0.111. The number of hydrogen-bond acceptors (Lipinski definition) is 8. The van der Waals surface area contributed by atoms with Crippen LogP contribution in [0.4, 0.5) is 4.39 Å². The summed E-state index contributed by atoms with van der Waals surface area (Å²) in [6.07, 6.45) is 1.70. The van der Waals surface area contributed by atoms with Crippen LogP contribution < -0.4 is 5.32 Å². The van der Waals surface area contributed by atoms with E-state index >= 15 is 0 Å². The monoisotopic (exact) mass is 616 g/mol. The number of morpholine rings is 1. The van der Waals surface area contributed by atoms with Crippen molar-refractivity contribution >= 4 is 23.8 Å². The second kappa shape index (κ2) is 16.1. The van der Waals surface area contributed by atoms with E-state index in [0.29, 0.717) is 70.2 Å². The Balaban J connectivity index is 0.000000583. The van der Waals surface area contributed by atoms with Gasteiger partial charge < -0.3 is 30.1 Å². The molecular formula is C30H41FN6O7. The molecule has 0 aliphatic carbocycles. The summed E-state index contributed by atoms with van der Waals surface area (Å²) in [5, 5.41) is 27.4. The molecule has 13 nitrogen and oxygen atoms in total. The third kappa shape index (κ3) is 9.16. The van der Waals surface area contributed by atoms with Crippen molar-refractivity contribution < 1.29 is 38.5 Å². The zero-order valence-corrected chi connectivity index (χ0v) is 25.5. The largest absolute Gasteiger partial charge is 0.478 e. The first kappa shape index (κ1) is 34.3. The van der Waals surface area contributed by atoms with Gasteiger partial charge in [-0.1, -0.05) is 45.0 Å². The van der Waals surface area contributed by atoms with E-state index in [2.05, 4.69) is 29.5 Å². The van der Waals surface area contributed by atoms with Gasteiger partial charge in [0.1, 0.15) is 11.5 Å². The van der Waals surface area contributed by atoms with Crippen LogP contribution >= 0.6 is 0 Å². The lowest BCUT2D eigenvalue weighted by molar-refractivity contribution is -0.140. The smallest absolute Gasteiger partial charge is 0.328 e. The number of halogens is 1. The summed E-state index contributed by atoms with van der Waals surface area (Å²) in [6.45, 7) is 12.0. The number of rotatable bonds is 9. The molecule has 0 spiro atoms. The Hall–Kier alpha value is -4.17. The van der Waals surface area contributed by atoms with E-state index < -0.39 is 17.8 Å². The topological polar surface area (TPSA) is 167 Å². The zero-order valence-electron chi connectivity index (χ0n) is 25.5. The first-order valence-corrected chi connectivity index (χ1v) is 14.6. The molecule has 1 aromatic carbocycles. The maximum absolute atomic E-state index is 14.6. The Bertz CT molecular complexity index is 1320. The Morgan fingerprint density at radius 2 is 1.70 bits per heavy atom. The fourth-order valence-corrected chi connectivity index (χ4v) is 5.22. The number of carboxylic acids is 2. The molecule has 0 bridgehead atoms. The van der Waals surface area contributed by atoms with Gasteiger partial charge in [0.2, 0.25) is 5.91 Å². The van der Waals surface area contributed by atoms with Crippen molar-refractivity contribution in [2.45, 2.75) is 46.1 Å². The summed E-state index contributed by atoms with van der Waals surface area (Å²) in [5.41, 5.74) is 1.07. The summed E-state index contributed by atoms with van der Waals surface area (Å²) >= 11 is 0. The number of para-hydroxylation sites is 1. The minimum Gasteiger partial charge on any atom is -0.478 e. The van der Waals surface area contributed by atoms with Crippen LogP contribution in [0, 0.1) is 17.7 Å². The molecule has 3 heterocycles. The van der Waals surface area contributed by atoms with Gasteiger partial charge in [-0.2, -0.15) is 0 Å². The van der Waals surface area contributed by atoms with Crippen LogP contribution in [0.2, 0.25) is 0 Å². The van der Waals surface area contributed by atoms with E-state index in [1.54, 1.807) is 18.2 Å². The van der Waals surface area contributed by atoms with Gasteiger partial charge in [0, 0.05) is 50.9 Å². The van der Waals surface area contributed by atoms with Crippen LogP contribution in [-0.2, 0) is 19.1 Å². The minimum atomic E-state index is -1.26. The average molecular weight is 617 g/mol. The van der Waals surface area contributed by atoms with E-state index in [4.69, 9.17) is 14.9 Å². The van der Waals surface area contributed by atoms with Crippen molar-refractivity contribution in [2.75, 3.05) is 45.9 Å². The normalized spacial score (nSPS) is 18.7. The highest BCUT2D eigenvalue weighted by atomic mass is 19.1. The van der Waals surface area contributed by atoms with Crippen molar-refractivity contribution in [3.63, 3.8) is 0 Å². The molecule has 4 rings (SSSR count). The number of carbonyl (C=O) groups is 4. The van der Waals surface area contributed by atoms with Gasteiger partial charge in [0.25, 0.3) is 5.91 Å². The van der Waals surface area contributed by atoms with Gasteiger partial charge in [-0.05, 0) is 30.4 Å². The molecule has 2 aromatic rings. The second-order valence-electron chi connectivity index (χ2n) is 11.4. The number of piperidine rings is 1. The molecule has 0 unspecified atom stereocenters. The van der Waals surface area contributed by atoms with Crippen LogP contribution in [0.1, 0.15) is 56.2 Å². The van der Waals surface area contributed by atoms with Crippen LogP contribution in [0.15, 0.2) is 36.4 Å². The summed E-state index contributed by atoms with van der Waals surface area (Å²) in [7, 11) is 0. The Kier molecular flexibility index (Phi) is 12.5. The van der Waals surface area contributed by atoms with E-state index in [0.717, 1.165) is 0 Å². The SMILES string of the molecule is CC(C)CN(C(=O)c1nnn(-c2ccccc2F)c1C(C)C)[C@@H]1CNC[C@H](C(=O)N2CCOCC2)C1.O=C(O)C=CC(=O)O. The summed E-state index contributed by atoms with van der Waals surface area (Å²) in [6, 6.07) is 6.18. The van der Waals surface area contributed by atoms with Gasteiger partial charge in [0.05, 0.1) is 24.8 Å². The van der Waals surface area contributed by atoms with E-state index in [1.165, 1.54) is 10.7 Å². The molecule has 2 amide bonds.